The number of carboxylic acids is 6. The van der Waals surface area contributed by atoms with Gasteiger partial charge in [0, 0.05) is 58.5 Å². The molecule has 0 aromatic rings. The maximum Gasteiger partial charge on any atom is 0.305 e. The lowest BCUT2D eigenvalue weighted by molar-refractivity contribution is -0.143. The highest BCUT2D eigenvalue weighted by molar-refractivity contribution is 5.94. The van der Waals surface area contributed by atoms with Gasteiger partial charge in [0.2, 0.25) is 35.4 Å². The van der Waals surface area contributed by atoms with Crippen molar-refractivity contribution in [3.05, 3.63) is 0 Å². The van der Waals surface area contributed by atoms with Crippen molar-refractivity contribution in [1.29, 1.82) is 0 Å². The van der Waals surface area contributed by atoms with E-state index >= 15 is 0 Å². The van der Waals surface area contributed by atoms with Crippen LogP contribution in [0.25, 0.3) is 0 Å². The van der Waals surface area contributed by atoms with Crippen molar-refractivity contribution >= 4 is 71.3 Å². The predicted octanol–water partition coefficient (Wildman–Crippen LogP) is -6.06. The third kappa shape index (κ3) is 18.9. The Morgan fingerprint density at radius 3 is 0.750 bits per heavy atom. The molecular formula is C33H51N9O18. The minimum Gasteiger partial charge on any atom is -0.481 e. The van der Waals surface area contributed by atoms with Crippen LogP contribution in [0.2, 0.25) is 0 Å². The Morgan fingerprint density at radius 1 is 0.383 bits per heavy atom. The molecule has 15 N–H and O–H groups in total. The van der Waals surface area contributed by atoms with Crippen LogP contribution in [0.15, 0.2) is 0 Å². The summed E-state index contributed by atoms with van der Waals surface area (Å²) in [5, 5.41) is 61.8. The van der Waals surface area contributed by atoms with Gasteiger partial charge in [-0.25, -0.2) is 0 Å². The van der Waals surface area contributed by atoms with Gasteiger partial charge in [-0.15, -0.1) is 0 Å². The maximum atomic E-state index is 14.0. The molecule has 6 amide bonds. The molecule has 0 aliphatic carbocycles. The fourth-order valence-electron chi connectivity index (χ4n) is 5.64. The van der Waals surface area contributed by atoms with Crippen molar-refractivity contribution in [3.63, 3.8) is 0 Å². The van der Waals surface area contributed by atoms with Crippen LogP contribution in [0.4, 0.5) is 0 Å². The Hall–Kier alpha value is -6.48. The number of nitrogens with zero attached hydrogens (tertiary/aromatic N) is 3. The van der Waals surface area contributed by atoms with Crippen LogP contribution in [0.3, 0.4) is 0 Å². The SMILES string of the molecule is N[C@@H](CC(=O)O)C(=O)N[C@@H](CCC(=O)O)C(=O)N1CCN(C(=O)[C@H](CCC(=O)O)NC(=O)[C@@H](N)CC(=O)O)CCN(C(=O)[C@H](CCC(=O)O)NC(=O)[C@@H](N)CC(=O)O)CC1. The number of hydrogen-bond acceptors (Lipinski definition) is 15. The van der Waals surface area contributed by atoms with Gasteiger partial charge in [-0.1, -0.05) is 0 Å². The van der Waals surface area contributed by atoms with Gasteiger partial charge < -0.3 is 78.5 Å². The standard InChI is InChI=1S/C33H51N9O18/c34-16(13-25(49)50)28(55)37-19(1-4-22(43)44)31(58)40-7-9-41(32(59)20(2-5-23(45)46)38-29(56)17(35)14-26(51)52)11-12-42(10-8-40)33(60)21(3-6-24(47)48)39-30(57)18(36)15-27(53)54/h16-21H,1-15,34-36H2,(H,37,55)(H,38,56)(H,39,57)(H,43,44)(H,45,46)(H,47,48)(H,49,50)(H,51,52)(H,53,54)/t16-,17-,18-,19-,20-,21-/m0/s1. The zero-order chi connectivity index (χ0) is 45.9. The first-order valence-corrected chi connectivity index (χ1v) is 18.3. The van der Waals surface area contributed by atoms with Crippen molar-refractivity contribution in [2.24, 2.45) is 17.2 Å². The largest absolute Gasteiger partial charge is 0.481 e. The number of carbonyl (C=O) groups excluding carboxylic acids is 6. The van der Waals surface area contributed by atoms with Crippen LogP contribution in [-0.2, 0) is 57.5 Å². The number of hydrogen-bond donors (Lipinski definition) is 12. The van der Waals surface area contributed by atoms with E-state index in [1.807, 2.05) is 0 Å². The van der Waals surface area contributed by atoms with Crippen LogP contribution in [0.1, 0.15) is 57.8 Å². The minimum absolute atomic E-state index is 0.436. The van der Waals surface area contributed by atoms with Gasteiger partial charge in [0.15, 0.2) is 0 Å². The average molecular weight is 862 g/mol. The zero-order valence-corrected chi connectivity index (χ0v) is 32.2. The molecule has 6 atom stereocenters. The Bertz CT molecular complexity index is 1450. The second-order valence-electron chi connectivity index (χ2n) is 13.6. The van der Waals surface area contributed by atoms with Gasteiger partial charge in [0.25, 0.3) is 0 Å². The second-order valence-corrected chi connectivity index (χ2v) is 13.6. The smallest absolute Gasteiger partial charge is 0.305 e. The average Bonchev–Trinajstić information content (AvgIpc) is 3.25. The zero-order valence-electron chi connectivity index (χ0n) is 32.2. The summed E-state index contributed by atoms with van der Waals surface area (Å²) in [6.07, 6.45) is -6.36. The van der Waals surface area contributed by atoms with Crippen LogP contribution in [-0.4, -0.2) is 192 Å². The number of amides is 6. The summed E-state index contributed by atoms with van der Waals surface area (Å²) in [7, 11) is 0. The number of carboxylic acid groups (broad SMARTS) is 6. The van der Waals surface area contributed by atoms with E-state index in [0.717, 1.165) is 14.7 Å². The summed E-state index contributed by atoms with van der Waals surface area (Å²) < 4.78 is 0. The first kappa shape index (κ1) is 51.5. The first-order chi connectivity index (χ1) is 27.9. The summed E-state index contributed by atoms with van der Waals surface area (Å²) >= 11 is 0. The molecule has 1 rings (SSSR count). The maximum absolute atomic E-state index is 14.0. The summed E-state index contributed by atoms with van der Waals surface area (Å²) in [5.41, 5.74) is 16.9. The van der Waals surface area contributed by atoms with E-state index in [4.69, 9.17) is 32.5 Å². The molecule has 336 valence electrons. The van der Waals surface area contributed by atoms with Gasteiger partial charge >= 0.3 is 35.8 Å². The van der Waals surface area contributed by atoms with Crippen LogP contribution in [0.5, 0.6) is 0 Å². The summed E-state index contributed by atoms with van der Waals surface area (Å²) in [4.78, 5) is 151. The molecule has 1 aliphatic rings. The fourth-order valence-corrected chi connectivity index (χ4v) is 5.64. The monoisotopic (exact) mass is 861 g/mol. The van der Waals surface area contributed by atoms with Crippen LogP contribution in [0, 0.1) is 0 Å². The predicted molar refractivity (Wildman–Crippen MR) is 197 cm³/mol. The van der Waals surface area contributed by atoms with E-state index in [1.165, 1.54) is 0 Å². The van der Waals surface area contributed by atoms with Gasteiger partial charge in [-0.2, -0.15) is 0 Å². The highest BCUT2D eigenvalue weighted by atomic mass is 16.4. The van der Waals surface area contributed by atoms with Crippen molar-refractivity contribution in [3.8, 4) is 0 Å². The van der Waals surface area contributed by atoms with E-state index in [9.17, 15) is 72.9 Å². The molecule has 1 fully saturated rings. The molecule has 1 saturated heterocycles. The first-order valence-electron chi connectivity index (χ1n) is 18.3. The molecule has 0 spiro atoms. The number of rotatable bonds is 24. The van der Waals surface area contributed by atoms with E-state index in [-0.39, 0.29) is 0 Å². The molecule has 0 radical (unpaired) electrons. The molecule has 27 heteroatoms. The topological polar surface area (TPSA) is 450 Å². The molecule has 1 aliphatic heterocycles. The lowest BCUT2D eigenvalue weighted by Gasteiger charge is -2.31. The van der Waals surface area contributed by atoms with Crippen molar-refractivity contribution in [2.45, 2.75) is 94.0 Å². The Labute approximate surface area is 340 Å². The van der Waals surface area contributed by atoms with Crippen LogP contribution >= 0.6 is 0 Å². The number of nitrogens with two attached hydrogens (primary N) is 3. The van der Waals surface area contributed by atoms with E-state index in [0.29, 0.717) is 0 Å². The van der Waals surface area contributed by atoms with Crippen molar-refractivity contribution < 1.29 is 88.2 Å². The lowest BCUT2D eigenvalue weighted by Crippen LogP contribution is -2.56. The lowest BCUT2D eigenvalue weighted by atomic mass is 10.1. The van der Waals surface area contributed by atoms with Crippen molar-refractivity contribution in [1.82, 2.24) is 30.7 Å². The number of aliphatic carboxylic acids is 6. The number of carbonyl (C=O) groups is 12. The third-order valence-electron chi connectivity index (χ3n) is 8.83. The molecule has 1 heterocycles. The summed E-state index contributed by atoms with van der Waals surface area (Å²) in [6.45, 7) is -2.62. The van der Waals surface area contributed by atoms with E-state index in [2.05, 4.69) is 16.0 Å². The third-order valence-corrected chi connectivity index (χ3v) is 8.83. The Balaban J connectivity index is 3.74. The van der Waals surface area contributed by atoms with Gasteiger partial charge in [0.05, 0.1) is 37.4 Å². The van der Waals surface area contributed by atoms with Gasteiger partial charge in [-0.3, -0.25) is 57.5 Å². The number of nitrogens with one attached hydrogen (secondary N) is 3. The van der Waals surface area contributed by atoms with Crippen molar-refractivity contribution in [2.75, 3.05) is 39.3 Å². The minimum atomic E-state index is -1.68. The van der Waals surface area contributed by atoms with Gasteiger partial charge in [0.1, 0.15) is 18.1 Å². The van der Waals surface area contributed by atoms with E-state index in [1.54, 1.807) is 0 Å². The van der Waals surface area contributed by atoms with E-state index < -0.39 is 205 Å². The quantitative estimate of drug-likeness (QED) is 0.0430. The van der Waals surface area contributed by atoms with Crippen LogP contribution < -0.4 is 33.2 Å². The Kier molecular flexibility index (Phi) is 21.6. The molecule has 0 aromatic heterocycles. The fraction of sp³-hybridized carbons (Fsp3) is 0.636. The van der Waals surface area contributed by atoms with Gasteiger partial charge in [-0.05, 0) is 19.3 Å². The molecule has 0 unspecified atom stereocenters. The molecular weight excluding hydrogens is 810 g/mol. The highest BCUT2D eigenvalue weighted by Crippen LogP contribution is 2.13. The second kappa shape index (κ2) is 25.1. The molecule has 0 aromatic carbocycles. The summed E-state index contributed by atoms with van der Waals surface area (Å²) in [6, 6.07) is -10.0. The molecule has 0 saturated carbocycles. The normalized spacial score (nSPS) is 16.1. The molecule has 60 heavy (non-hydrogen) atoms. The molecule has 27 nitrogen and oxygen atoms in total. The Morgan fingerprint density at radius 2 is 0.583 bits per heavy atom. The summed E-state index contributed by atoms with van der Waals surface area (Å²) in [5.74, 6) is -15.0. The molecule has 0 bridgehead atoms. The highest BCUT2D eigenvalue weighted by Gasteiger charge is 2.35.